The van der Waals surface area contributed by atoms with Crippen molar-refractivity contribution in [2.75, 3.05) is 6.61 Å². The van der Waals surface area contributed by atoms with Gasteiger partial charge in [0.05, 0.1) is 6.61 Å². The highest BCUT2D eigenvalue weighted by atomic mass is 19.2. The summed E-state index contributed by atoms with van der Waals surface area (Å²) in [6.45, 7) is 4.68. The van der Waals surface area contributed by atoms with E-state index in [0.29, 0.717) is 12.2 Å². The molecule has 3 aliphatic carbocycles. The Hall–Kier alpha value is -1.12. The van der Waals surface area contributed by atoms with E-state index in [9.17, 15) is 8.78 Å². The monoisotopic (exact) mass is 432 g/mol. The highest BCUT2D eigenvalue weighted by Gasteiger charge is 2.47. The minimum absolute atomic E-state index is 0.0588. The summed E-state index contributed by atoms with van der Waals surface area (Å²) in [6, 6.07) is 3.41. The van der Waals surface area contributed by atoms with Crippen molar-refractivity contribution in [3.63, 3.8) is 0 Å². The molecule has 0 N–H and O–H groups in total. The average molecular weight is 433 g/mol. The molecule has 0 aromatic heterocycles. The van der Waals surface area contributed by atoms with Crippen LogP contribution in [0.25, 0.3) is 0 Å². The van der Waals surface area contributed by atoms with Gasteiger partial charge in [0, 0.05) is 0 Å². The molecule has 3 heteroatoms. The van der Waals surface area contributed by atoms with Gasteiger partial charge >= 0.3 is 0 Å². The molecule has 174 valence electrons. The summed E-state index contributed by atoms with van der Waals surface area (Å²) in [5.74, 6) is 3.38. The van der Waals surface area contributed by atoms with E-state index in [1.54, 1.807) is 12.1 Å². The van der Waals surface area contributed by atoms with E-state index in [1.165, 1.54) is 64.2 Å². The second kappa shape index (κ2) is 10.7. The van der Waals surface area contributed by atoms with Crippen LogP contribution in [0.5, 0.6) is 5.75 Å². The largest absolute Gasteiger partial charge is 0.490 e. The lowest BCUT2D eigenvalue weighted by Crippen LogP contribution is -2.25. The second-order valence-corrected chi connectivity index (χ2v) is 10.6. The van der Waals surface area contributed by atoms with Gasteiger partial charge in [0.15, 0.2) is 11.6 Å². The Labute approximate surface area is 188 Å². The van der Waals surface area contributed by atoms with E-state index in [2.05, 4.69) is 6.92 Å². The fraction of sp³-hybridized carbons (Fsp3) is 0.786. The quantitative estimate of drug-likeness (QED) is 0.355. The number of rotatable bonds is 9. The molecule has 4 rings (SSSR count). The summed E-state index contributed by atoms with van der Waals surface area (Å²) in [6.07, 6.45) is 16.5. The van der Waals surface area contributed by atoms with Crippen LogP contribution >= 0.6 is 0 Å². The summed E-state index contributed by atoms with van der Waals surface area (Å²) in [4.78, 5) is 0. The Balaban J connectivity index is 1.32. The van der Waals surface area contributed by atoms with E-state index in [1.807, 2.05) is 6.92 Å². The van der Waals surface area contributed by atoms with Crippen LogP contribution in [0.4, 0.5) is 8.78 Å². The lowest BCUT2D eigenvalue weighted by atomic mass is 9.70. The molecule has 0 bridgehead atoms. The van der Waals surface area contributed by atoms with Crippen molar-refractivity contribution in [3.8, 4) is 5.75 Å². The first-order valence-electron chi connectivity index (χ1n) is 13.2. The predicted octanol–water partition coefficient (Wildman–Crippen LogP) is 8.66. The summed E-state index contributed by atoms with van der Waals surface area (Å²) in [7, 11) is 0. The Morgan fingerprint density at radius 2 is 1.52 bits per heavy atom. The number of benzene rings is 1. The van der Waals surface area contributed by atoms with Crippen molar-refractivity contribution in [2.24, 2.45) is 29.6 Å². The third-order valence-electron chi connectivity index (χ3n) is 8.94. The summed E-state index contributed by atoms with van der Waals surface area (Å²) < 4.78 is 34.6. The normalized spacial score (nSPS) is 32.9. The molecule has 3 aliphatic rings. The Morgan fingerprint density at radius 1 is 0.774 bits per heavy atom. The zero-order valence-electron chi connectivity index (χ0n) is 19.7. The molecule has 4 atom stereocenters. The van der Waals surface area contributed by atoms with Gasteiger partial charge in [0.1, 0.15) is 0 Å². The molecule has 1 aromatic carbocycles. The summed E-state index contributed by atoms with van der Waals surface area (Å²) >= 11 is 0. The predicted molar refractivity (Wildman–Crippen MR) is 123 cm³/mol. The zero-order valence-corrected chi connectivity index (χ0v) is 19.7. The van der Waals surface area contributed by atoms with Gasteiger partial charge in [-0.1, -0.05) is 45.6 Å². The minimum atomic E-state index is -0.799. The molecule has 0 saturated heterocycles. The van der Waals surface area contributed by atoms with Crippen molar-refractivity contribution in [1.29, 1.82) is 0 Å². The fourth-order valence-corrected chi connectivity index (χ4v) is 7.41. The fourth-order valence-electron chi connectivity index (χ4n) is 7.41. The first kappa shape index (κ1) is 23.1. The maximum Gasteiger partial charge on any atom is 0.200 e. The van der Waals surface area contributed by atoms with Crippen LogP contribution in [0.3, 0.4) is 0 Å². The van der Waals surface area contributed by atoms with Crippen LogP contribution in [0, 0.1) is 41.2 Å². The molecule has 0 radical (unpaired) electrons. The van der Waals surface area contributed by atoms with Crippen LogP contribution < -0.4 is 4.74 Å². The maximum absolute atomic E-state index is 14.8. The number of halogens is 2. The van der Waals surface area contributed by atoms with Crippen molar-refractivity contribution < 1.29 is 13.5 Å². The number of hydrogen-bond acceptors (Lipinski definition) is 1. The van der Waals surface area contributed by atoms with E-state index in [4.69, 9.17) is 4.74 Å². The van der Waals surface area contributed by atoms with Crippen LogP contribution in [0.15, 0.2) is 12.1 Å². The van der Waals surface area contributed by atoms with Crippen molar-refractivity contribution in [1.82, 2.24) is 0 Å². The molecule has 0 amide bonds. The SMILES string of the molecule is CCCCCC1CCC2C(C3CCC(c4ccc(OCCC)c(F)c4F)CC3)CCC12. The van der Waals surface area contributed by atoms with Crippen molar-refractivity contribution in [3.05, 3.63) is 29.3 Å². The molecule has 4 unspecified atom stereocenters. The number of unbranched alkanes of at least 4 members (excludes halogenated alkanes) is 2. The van der Waals surface area contributed by atoms with Gasteiger partial charge in [0.2, 0.25) is 5.82 Å². The molecule has 3 saturated carbocycles. The third kappa shape index (κ3) is 4.96. The molecule has 3 fully saturated rings. The van der Waals surface area contributed by atoms with Crippen molar-refractivity contribution in [2.45, 2.75) is 103 Å². The Bertz CT molecular complexity index is 709. The molecular formula is C28H42F2O. The van der Waals surface area contributed by atoms with E-state index >= 15 is 0 Å². The summed E-state index contributed by atoms with van der Waals surface area (Å²) in [5, 5.41) is 0. The average Bonchev–Trinajstić information content (AvgIpc) is 3.38. The van der Waals surface area contributed by atoms with Crippen LogP contribution in [0.2, 0.25) is 0 Å². The zero-order chi connectivity index (χ0) is 21.8. The van der Waals surface area contributed by atoms with E-state index in [0.717, 1.165) is 48.9 Å². The van der Waals surface area contributed by atoms with Gasteiger partial charge in [0.25, 0.3) is 0 Å². The molecule has 0 spiro atoms. The lowest BCUT2D eigenvalue weighted by Gasteiger charge is -2.35. The van der Waals surface area contributed by atoms with Crippen LogP contribution in [0.1, 0.15) is 109 Å². The molecule has 1 aromatic rings. The number of fused-ring (bicyclic) bond motifs is 1. The van der Waals surface area contributed by atoms with E-state index < -0.39 is 11.6 Å². The smallest absolute Gasteiger partial charge is 0.200 e. The molecule has 0 aliphatic heterocycles. The highest BCUT2D eigenvalue weighted by molar-refractivity contribution is 5.33. The topological polar surface area (TPSA) is 9.23 Å². The Kier molecular flexibility index (Phi) is 7.93. The van der Waals surface area contributed by atoms with Gasteiger partial charge < -0.3 is 4.74 Å². The minimum Gasteiger partial charge on any atom is -0.490 e. The van der Waals surface area contributed by atoms with Gasteiger partial charge in [-0.3, -0.25) is 0 Å². The number of hydrogen-bond donors (Lipinski definition) is 0. The van der Waals surface area contributed by atoms with Gasteiger partial charge in [-0.15, -0.1) is 0 Å². The Morgan fingerprint density at radius 3 is 2.26 bits per heavy atom. The molecule has 0 heterocycles. The summed E-state index contributed by atoms with van der Waals surface area (Å²) in [5.41, 5.74) is 0.570. The van der Waals surface area contributed by atoms with E-state index in [-0.39, 0.29) is 11.7 Å². The maximum atomic E-state index is 14.8. The second-order valence-electron chi connectivity index (χ2n) is 10.6. The van der Waals surface area contributed by atoms with Gasteiger partial charge in [-0.2, -0.15) is 4.39 Å². The molecule has 31 heavy (non-hydrogen) atoms. The highest BCUT2D eigenvalue weighted by Crippen LogP contribution is 2.56. The third-order valence-corrected chi connectivity index (χ3v) is 8.94. The first-order valence-corrected chi connectivity index (χ1v) is 13.2. The van der Waals surface area contributed by atoms with Gasteiger partial charge in [-0.25, -0.2) is 4.39 Å². The van der Waals surface area contributed by atoms with Crippen molar-refractivity contribution >= 4 is 0 Å². The van der Waals surface area contributed by atoms with Gasteiger partial charge in [-0.05, 0) is 105 Å². The standard InChI is InChI=1S/C28H42F2O/c1-3-5-6-7-19-12-13-25-22(19)14-15-23(25)20-8-10-21(11-9-20)24-16-17-26(31-18-4-2)28(30)27(24)29/h16-17,19-23,25H,3-15,18H2,1-2H3. The van der Waals surface area contributed by atoms with Crippen LogP contribution in [-0.4, -0.2) is 6.61 Å². The number of ether oxygens (including phenoxy) is 1. The molecule has 1 nitrogen and oxygen atoms in total. The van der Waals surface area contributed by atoms with Crippen LogP contribution in [-0.2, 0) is 0 Å². The lowest BCUT2D eigenvalue weighted by molar-refractivity contribution is 0.177. The first-order chi connectivity index (χ1) is 15.1. The molecular weight excluding hydrogens is 390 g/mol.